The summed E-state index contributed by atoms with van der Waals surface area (Å²) in [6.45, 7) is 6.03. The summed E-state index contributed by atoms with van der Waals surface area (Å²) >= 11 is 0. The van der Waals surface area contributed by atoms with Crippen LogP contribution in [0.3, 0.4) is 0 Å². The van der Waals surface area contributed by atoms with Gasteiger partial charge in [0.1, 0.15) is 12.1 Å². The molecule has 3 aromatic carbocycles. The third kappa shape index (κ3) is 9.76. The van der Waals surface area contributed by atoms with E-state index in [2.05, 4.69) is 24.4 Å². The topological polar surface area (TPSA) is 95.7 Å². The Morgan fingerprint density at radius 1 is 0.889 bits per heavy atom. The van der Waals surface area contributed by atoms with E-state index in [1.54, 1.807) is 25.1 Å². The van der Waals surface area contributed by atoms with Crippen molar-refractivity contribution < 1.29 is 14.4 Å². The summed E-state index contributed by atoms with van der Waals surface area (Å²) in [6.07, 6.45) is 8.61. The molecule has 0 heterocycles. The van der Waals surface area contributed by atoms with Gasteiger partial charge in [-0.2, -0.15) is 0 Å². The lowest BCUT2D eigenvalue weighted by molar-refractivity contribution is -0.146. The largest absolute Gasteiger partial charge is 0.352 e. The van der Waals surface area contributed by atoms with E-state index in [4.69, 9.17) is 5.73 Å². The smallest absolute Gasteiger partial charge is 0.246 e. The maximum Gasteiger partial charge on any atom is 0.246 e. The summed E-state index contributed by atoms with van der Waals surface area (Å²) in [7, 11) is 3.35. The Morgan fingerprint density at radius 3 is 2.24 bits per heavy atom. The van der Waals surface area contributed by atoms with Crippen molar-refractivity contribution in [2.24, 2.45) is 11.7 Å². The van der Waals surface area contributed by atoms with Crippen molar-refractivity contribution in [2.45, 2.75) is 89.4 Å². The molecule has 240 valence electrons. The van der Waals surface area contributed by atoms with Crippen LogP contribution in [0.2, 0.25) is 0 Å². The molecule has 1 aliphatic carbocycles. The Morgan fingerprint density at radius 2 is 1.56 bits per heavy atom. The maximum atomic E-state index is 14.5. The molecular weight excluding hydrogens is 560 g/mol. The van der Waals surface area contributed by atoms with Gasteiger partial charge in [0, 0.05) is 38.5 Å². The first-order valence-corrected chi connectivity index (χ1v) is 16.2. The number of hydrogen-bond acceptors (Lipinski definition) is 4. The normalized spacial score (nSPS) is 18.4. The van der Waals surface area contributed by atoms with Gasteiger partial charge < -0.3 is 20.9 Å². The van der Waals surface area contributed by atoms with Gasteiger partial charge >= 0.3 is 0 Å². The molecule has 4 atom stereocenters. The highest BCUT2D eigenvalue weighted by molar-refractivity contribution is 5.95. The summed E-state index contributed by atoms with van der Waals surface area (Å²) in [5.74, 6) is -0.163. The van der Waals surface area contributed by atoms with E-state index in [0.717, 1.165) is 41.2 Å². The molecule has 0 saturated heterocycles. The minimum Gasteiger partial charge on any atom is -0.352 e. The summed E-state index contributed by atoms with van der Waals surface area (Å²) in [5.41, 5.74) is 7.57. The Kier molecular flexibility index (Phi) is 11.6. The molecule has 1 aliphatic rings. The van der Waals surface area contributed by atoms with Crippen LogP contribution in [0.5, 0.6) is 0 Å². The van der Waals surface area contributed by atoms with Gasteiger partial charge in [0.2, 0.25) is 17.7 Å². The van der Waals surface area contributed by atoms with Gasteiger partial charge in [-0.05, 0) is 67.0 Å². The predicted octanol–water partition coefficient (Wildman–Crippen LogP) is 5.66. The van der Waals surface area contributed by atoms with E-state index in [0.29, 0.717) is 25.2 Å². The molecule has 4 rings (SSSR count). The number of nitrogens with one attached hydrogen (secondary N) is 1. The number of nitrogens with zero attached hydrogens (tertiary/aromatic N) is 2. The number of likely N-dealkylation sites (N-methyl/N-ethyl adjacent to an activating group) is 2. The van der Waals surface area contributed by atoms with Crippen LogP contribution in [0.1, 0.15) is 64.0 Å². The highest BCUT2D eigenvalue weighted by Crippen LogP contribution is 2.24. The van der Waals surface area contributed by atoms with Crippen LogP contribution in [0, 0.1) is 5.92 Å². The fraction of sp³-hybridized carbons (Fsp3) is 0.447. The second kappa shape index (κ2) is 15.3. The lowest BCUT2D eigenvalue weighted by Gasteiger charge is -2.36. The van der Waals surface area contributed by atoms with E-state index in [1.165, 1.54) is 17.4 Å². The average Bonchev–Trinajstić information content (AvgIpc) is 3.01. The van der Waals surface area contributed by atoms with Crippen molar-refractivity contribution >= 4 is 28.5 Å². The first-order chi connectivity index (χ1) is 21.4. The molecule has 0 aliphatic heterocycles. The van der Waals surface area contributed by atoms with E-state index >= 15 is 0 Å². The summed E-state index contributed by atoms with van der Waals surface area (Å²) < 4.78 is 0. The second-order valence-corrected chi connectivity index (χ2v) is 13.6. The summed E-state index contributed by atoms with van der Waals surface area (Å²) in [6, 6.07) is 22.5. The fourth-order valence-corrected chi connectivity index (χ4v) is 6.21. The van der Waals surface area contributed by atoms with E-state index in [-0.39, 0.29) is 23.8 Å². The van der Waals surface area contributed by atoms with Crippen molar-refractivity contribution in [1.82, 2.24) is 15.1 Å². The van der Waals surface area contributed by atoms with E-state index in [1.807, 2.05) is 74.5 Å². The molecular formula is C38H50N4O3. The number of nitrogens with two attached hydrogens (primary N) is 1. The Hall–Kier alpha value is -3.97. The van der Waals surface area contributed by atoms with Crippen molar-refractivity contribution in [3.8, 4) is 0 Å². The minimum atomic E-state index is -0.819. The third-order valence-electron chi connectivity index (χ3n) is 8.92. The van der Waals surface area contributed by atoms with Crippen LogP contribution in [-0.4, -0.2) is 65.3 Å². The zero-order chi connectivity index (χ0) is 32.6. The highest BCUT2D eigenvalue weighted by atomic mass is 16.2. The van der Waals surface area contributed by atoms with Crippen LogP contribution in [0.4, 0.5) is 0 Å². The van der Waals surface area contributed by atoms with Gasteiger partial charge in [-0.15, -0.1) is 0 Å². The van der Waals surface area contributed by atoms with Gasteiger partial charge in [0.25, 0.3) is 0 Å². The van der Waals surface area contributed by atoms with Crippen LogP contribution in [0.15, 0.2) is 84.9 Å². The lowest BCUT2D eigenvalue weighted by atomic mass is 9.87. The van der Waals surface area contributed by atoms with Crippen molar-refractivity contribution in [1.29, 1.82) is 0 Å². The first kappa shape index (κ1) is 33.9. The van der Waals surface area contributed by atoms with Crippen LogP contribution in [0.25, 0.3) is 10.8 Å². The molecule has 0 bridgehead atoms. The number of hydrogen-bond donors (Lipinski definition) is 2. The molecule has 3 N–H and O–H groups in total. The third-order valence-corrected chi connectivity index (χ3v) is 8.92. The van der Waals surface area contributed by atoms with Crippen LogP contribution < -0.4 is 11.1 Å². The number of amides is 3. The van der Waals surface area contributed by atoms with E-state index in [9.17, 15) is 14.4 Å². The predicted molar refractivity (Wildman–Crippen MR) is 183 cm³/mol. The molecule has 1 fully saturated rings. The highest BCUT2D eigenvalue weighted by Gasteiger charge is 2.36. The van der Waals surface area contributed by atoms with Crippen molar-refractivity contribution in [3.63, 3.8) is 0 Å². The Balaban J connectivity index is 1.63. The maximum absolute atomic E-state index is 14.5. The molecule has 3 aromatic rings. The van der Waals surface area contributed by atoms with Crippen LogP contribution >= 0.6 is 0 Å². The van der Waals surface area contributed by atoms with Gasteiger partial charge in [0.15, 0.2) is 0 Å². The number of fused-ring (bicyclic) bond motifs is 1. The summed E-state index contributed by atoms with van der Waals surface area (Å²) in [5, 5.41) is 5.44. The van der Waals surface area contributed by atoms with Crippen LogP contribution in [-0.2, 0) is 27.2 Å². The van der Waals surface area contributed by atoms with E-state index < -0.39 is 17.6 Å². The van der Waals surface area contributed by atoms with Gasteiger partial charge in [-0.25, -0.2) is 0 Å². The number of benzene rings is 3. The monoisotopic (exact) mass is 610 g/mol. The molecule has 0 spiro atoms. The van der Waals surface area contributed by atoms with Crippen molar-refractivity contribution in [3.05, 3.63) is 96.1 Å². The Labute approximate surface area is 268 Å². The SMILES string of the molecule is CC1CCCC(NC(=O)[C@@H](Cc2ccccc2)N(C)C(=O)[C@@H](Cc2ccc3ccccc3c2)N(C)C(=O)/C=C/CC(C)(C)N)C1. The quantitative estimate of drug-likeness (QED) is 0.259. The molecule has 7 nitrogen and oxygen atoms in total. The number of carbonyl (C=O) groups excluding carboxylic acids is 3. The van der Waals surface area contributed by atoms with Gasteiger partial charge in [-0.3, -0.25) is 14.4 Å². The molecule has 7 heteroatoms. The summed E-state index contributed by atoms with van der Waals surface area (Å²) in [4.78, 5) is 44.9. The van der Waals surface area contributed by atoms with Gasteiger partial charge in [0.05, 0.1) is 0 Å². The molecule has 3 amide bonds. The fourth-order valence-electron chi connectivity index (χ4n) is 6.21. The molecule has 45 heavy (non-hydrogen) atoms. The molecule has 0 aromatic heterocycles. The van der Waals surface area contributed by atoms with Gasteiger partial charge in [-0.1, -0.05) is 98.6 Å². The Bertz CT molecular complexity index is 1480. The van der Waals surface area contributed by atoms with Crippen molar-refractivity contribution in [2.75, 3.05) is 14.1 Å². The minimum absolute atomic E-state index is 0.0950. The standard InChI is InChI=1S/C38H50N4O3/c1-27-13-11-18-32(23-27)40-36(44)33(25-28-14-7-6-8-15-28)42(5)37(45)34(41(4)35(43)19-12-22-38(2,3)39)26-29-20-21-30-16-9-10-17-31(30)24-29/h6-10,12,14-17,19-21,24,27,32-34H,11,13,18,22-23,25-26,39H2,1-5H3,(H,40,44)/b19-12+/t27?,32?,33-,34-/m1/s1. The second-order valence-electron chi connectivity index (χ2n) is 13.6. The first-order valence-electron chi connectivity index (χ1n) is 16.2. The number of carbonyl (C=O) groups is 3. The molecule has 2 unspecified atom stereocenters. The molecule has 0 radical (unpaired) electrons. The zero-order valence-electron chi connectivity index (χ0n) is 27.5. The number of rotatable bonds is 12. The molecule has 1 saturated carbocycles. The average molecular weight is 611 g/mol. The lowest BCUT2D eigenvalue weighted by Crippen LogP contribution is -2.57. The zero-order valence-corrected chi connectivity index (χ0v) is 27.5.